The lowest BCUT2D eigenvalue weighted by Gasteiger charge is -2.35. The molecule has 0 spiro atoms. The molecule has 2 atom stereocenters. The number of hydrogen-bond acceptors (Lipinski definition) is 3. The van der Waals surface area contributed by atoms with Gasteiger partial charge in [-0.15, -0.1) is 0 Å². The van der Waals surface area contributed by atoms with Crippen LogP contribution >= 0.6 is 0 Å². The fourth-order valence-corrected chi connectivity index (χ4v) is 4.28. The Morgan fingerprint density at radius 1 is 1.07 bits per heavy atom. The number of carbonyl (C=O) groups is 2. The molecule has 0 N–H and O–H groups in total. The monoisotopic (exact) mass is 425 g/mol. The van der Waals surface area contributed by atoms with Crippen LogP contribution in [0.4, 0.5) is 13.2 Å². The largest absolute Gasteiger partial charge is 0.416 e. The van der Waals surface area contributed by atoms with Gasteiger partial charge in [-0.05, 0) is 24.6 Å². The summed E-state index contributed by atoms with van der Waals surface area (Å²) in [6, 6.07) is 5.19. The quantitative estimate of drug-likeness (QED) is 0.745. The summed E-state index contributed by atoms with van der Waals surface area (Å²) in [5.41, 5.74) is -0.255. The highest BCUT2D eigenvalue weighted by atomic mass is 19.4. The molecule has 0 radical (unpaired) electrons. The Hall–Kier alpha value is -2.09. The Morgan fingerprint density at radius 2 is 1.73 bits per heavy atom. The van der Waals surface area contributed by atoms with Gasteiger partial charge in [-0.1, -0.05) is 32.0 Å². The molecule has 0 aliphatic carbocycles. The van der Waals surface area contributed by atoms with Gasteiger partial charge in [0.15, 0.2) is 0 Å². The van der Waals surface area contributed by atoms with E-state index in [1.807, 2.05) is 20.9 Å². The summed E-state index contributed by atoms with van der Waals surface area (Å²) >= 11 is 0. The molecular formula is C22H30F3N3O2. The normalized spacial score (nSPS) is 23.3. The lowest BCUT2D eigenvalue weighted by Crippen LogP contribution is -2.50. The van der Waals surface area contributed by atoms with Crippen LogP contribution in [-0.4, -0.2) is 72.8 Å². The summed E-state index contributed by atoms with van der Waals surface area (Å²) in [7, 11) is 2.00. The third kappa shape index (κ3) is 5.14. The van der Waals surface area contributed by atoms with E-state index in [1.54, 1.807) is 15.9 Å². The second-order valence-corrected chi connectivity index (χ2v) is 8.86. The van der Waals surface area contributed by atoms with Crippen molar-refractivity contribution in [3.05, 3.63) is 35.4 Å². The van der Waals surface area contributed by atoms with Crippen LogP contribution in [0.2, 0.25) is 0 Å². The highest BCUT2D eigenvalue weighted by Crippen LogP contribution is 2.37. The molecular weight excluding hydrogens is 395 g/mol. The first kappa shape index (κ1) is 22.6. The molecule has 2 saturated heterocycles. The Morgan fingerprint density at radius 3 is 2.33 bits per heavy atom. The molecule has 2 aliphatic rings. The van der Waals surface area contributed by atoms with E-state index in [-0.39, 0.29) is 30.8 Å². The first-order valence-corrected chi connectivity index (χ1v) is 10.5. The third-order valence-electron chi connectivity index (χ3n) is 6.03. The van der Waals surface area contributed by atoms with Crippen LogP contribution < -0.4 is 0 Å². The molecule has 1 aromatic carbocycles. The number of hydrogen-bond donors (Lipinski definition) is 0. The molecule has 5 nitrogen and oxygen atoms in total. The van der Waals surface area contributed by atoms with E-state index in [4.69, 9.17) is 0 Å². The van der Waals surface area contributed by atoms with Crippen molar-refractivity contribution in [2.75, 3.05) is 46.3 Å². The Balaban J connectivity index is 1.87. The molecule has 2 aliphatic heterocycles. The van der Waals surface area contributed by atoms with Crippen molar-refractivity contribution in [1.82, 2.24) is 14.7 Å². The molecule has 2 unspecified atom stereocenters. The standard InChI is InChI=1S/C22H30F3N3O2/c1-15(2)11-20(29)28-13-18(16-5-4-6-17(12-16)22(23,24)25)19(14-28)21(30)27-9-7-26(3)8-10-27/h4-6,12,15,18-19H,7-11,13-14H2,1-3H3. The third-order valence-corrected chi connectivity index (χ3v) is 6.03. The molecule has 2 heterocycles. The minimum absolute atomic E-state index is 0.0457. The minimum Gasteiger partial charge on any atom is -0.341 e. The maximum atomic E-state index is 13.3. The molecule has 30 heavy (non-hydrogen) atoms. The average Bonchev–Trinajstić information content (AvgIpc) is 3.12. The van der Waals surface area contributed by atoms with Crippen LogP contribution in [-0.2, 0) is 15.8 Å². The van der Waals surface area contributed by atoms with E-state index in [0.29, 0.717) is 25.1 Å². The van der Waals surface area contributed by atoms with Gasteiger partial charge in [-0.3, -0.25) is 9.59 Å². The van der Waals surface area contributed by atoms with Gasteiger partial charge in [0.1, 0.15) is 0 Å². The summed E-state index contributed by atoms with van der Waals surface area (Å²) in [4.78, 5) is 31.6. The fourth-order valence-electron chi connectivity index (χ4n) is 4.28. The summed E-state index contributed by atoms with van der Waals surface area (Å²) in [6.45, 7) is 7.17. The maximum Gasteiger partial charge on any atom is 0.416 e. The van der Waals surface area contributed by atoms with E-state index in [0.717, 1.165) is 25.2 Å². The van der Waals surface area contributed by atoms with Gasteiger partial charge in [0, 0.05) is 51.6 Å². The van der Waals surface area contributed by atoms with Crippen LogP contribution in [0.15, 0.2) is 24.3 Å². The SMILES string of the molecule is CC(C)CC(=O)N1CC(C(=O)N2CCN(C)CC2)C(c2cccc(C(F)(F)F)c2)C1. The molecule has 0 bridgehead atoms. The van der Waals surface area contributed by atoms with Gasteiger partial charge >= 0.3 is 6.18 Å². The Kier molecular flexibility index (Phi) is 6.75. The van der Waals surface area contributed by atoms with E-state index < -0.39 is 23.6 Å². The van der Waals surface area contributed by atoms with Crippen LogP contribution in [0.3, 0.4) is 0 Å². The Bertz CT molecular complexity index is 773. The molecule has 1 aromatic rings. The molecule has 2 amide bonds. The smallest absolute Gasteiger partial charge is 0.341 e. The average molecular weight is 425 g/mol. The van der Waals surface area contributed by atoms with Crippen molar-refractivity contribution >= 4 is 11.8 Å². The number of likely N-dealkylation sites (N-methyl/N-ethyl adjacent to an activating group) is 1. The van der Waals surface area contributed by atoms with Gasteiger partial charge in [0.25, 0.3) is 0 Å². The number of amides is 2. The molecule has 0 aromatic heterocycles. The highest BCUT2D eigenvalue weighted by molar-refractivity contribution is 5.83. The van der Waals surface area contributed by atoms with Crippen molar-refractivity contribution in [1.29, 1.82) is 0 Å². The predicted octanol–water partition coefficient (Wildman–Crippen LogP) is 3.07. The van der Waals surface area contributed by atoms with E-state index in [1.165, 1.54) is 6.07 Å². The van der Waals surface area contributed by atoms with Gasteiger partial charge in [-0.25, -0.2) is 0 Å². The molecule has 2 fully saturated rings. The predicted molar refractivity (Wildman–Crippen MR) is 108 cm³/mol. The van der Waals surface area contributed by atoms with Crippen LogP contribution in [0.5, 0.6) is 0 Å². The van der Waals surface area contributed by atoms with Crippen LogP contribution in [0.25, 0.3) is 0 Å². The van der Waals surface area contributed by atoms with Gasteiger partial charge in [-0.2, -0.15) is 13.2 Å². The van der Waals surface area contributed by atoms with Crippen LogP contribution in [0.1, 0.15) is 37.3 Å². The van der Waals surface area contributed by atoms with E-state index in [2.05, 4.69) is 4.90 Å². The highest BCUT2D eigenvalue weighted by Gasteiger charge is 2.43. The van der Waals surface area contributed by atoms with Crippen molar-refractivity contribution in [3.63, 3.8) is 0 Å². The number of nitrogens with zero attached hydrogens (tertiary/aromatic N) is 3. The zero-order valence-corrected chi connectivity index (χ0v) is 17.8. The first-order valence-electron chi connectivity index (χ1n) is 10.5. The van der Waals surface area contributed by atoms with E-state index in [9.17, 15) is 22.8 Å². The molecule has 0 saturated carbocycles. The molecule has 166 valence electrons. The number of carbonyl (C=O) groups excluding carboxylic acids is 2. The topological polar surface area (TPSA) is 43.9 Å². The number of likely N-dealkylation sites (tertiary alicyclic amines) is 1. The van der Waals surface area contributed by atoms with Gasteiger partial charge < -0.3 is 14.7 Å². The second kappa shape index (κ2) is 8.96. The number of alkyl halides is 3. The fraction of sp³-hybridized carbons (Fsp3) is 0.636. The number of halogens is 3. The maximum absolute atomic E-state index is 13.3. The zero-order valence-electron chi connectivity index (χ0n) is 17.8. The number of rotatable bonds is 4. The minimum atomic E-state index is -4.45. The summed E-state index contributed by atoms with van der Waals surface area (Å²) in [6.07, 6.45) is -4.08. The number of benzene rings is 1. The van der Waals surface area contributed by atoms with Gasteiger partial charge in [0.2, 0.25) is 11.8 Å². The van der Waals surface area contributed by atoms with Crippen molar-refractivity contribution < 1.29 is 22.8 Å². The first-order chi connectivity index (χ1) is 14.1. The van der Waals surface area contributed by atoms with Gasteiger partial charge in [0.05, 0.1) is 11.5 Å². The molecule has 8 heteroatoms. The lowest BCUT2D eigenvalue weighted by atomic mass is 9.87. The number of piperazine rings is 1. The summed E-state index contributed by atoms with van der Waals surface area (Å²) in [5, 5.41) is 0. The van der Waals surface area contributed by atoms with Crippen molar-refractivity contribution in [2.45, 2.75) is 32.4 Å². The lowest BCUT2D eigenvalue weighted by molar-refractivity contribution is -0.138. The van der Waals surface area contributed by atoms with Crippen molar-refractivity contribution in [3.8, 4) is 0 Å². The summed E-state index contributed by atoms with van der Waals surface area (Å²) < 4.78 is 39.7. The summed E-state index contributed by atoms with van der Waals surface area (Å²) in [5.74, 6) is -0.888. The molecule has 3 rings (SSSR count). The van der Waals surface area contributed by atoms with E-state index >= 15 is 0 Å². The zero-order chi connectivity index (χ0) is 22.1. The second-order valence-electron chi connectivity index (χ2n) is 8.86. The van der Waals surface area contributed by atoms with Crippen molar-refractivity contribution in [2.24, 2.45) is 11.8 Å². The Labute approximate surface area is 175 Å². The van der Waals surface area contributed by atoms with Crippen LogP contribution in [0, 0.1) is 11.8 Å².